The molecule has 0 radical (unpaired) electrons. The van der Waals surface area contributed by atoms with Crippen LogP contribution in [-0.2, 0) is 20.0 Å². The number of aromatic nitrogens is 3. The maximum atomic E-state index is 4.81. The molecule has 0 unspecified atom stereocenters. The van der Waals surface area contributed by atoms with E-state index in [1.54, 1.807) is 11.3 Å². The van der Waals surface area contributed by atoms with Gasteiger partial charge in [-0.15, -0.1) is 45.5 Å². The minimum absolute atomic E-state index is 0. The number of guanidine groups is 1. The Morgan fingerprint density at radius 1 is 1.24 bits per heavy atom. The smallest absolute Gasteiger partial charge is 0.191 e. The number of hydrogen-bond acceptors (Lipinski definition) is 5. The van der Waals surface area contributed by atoms with Gasteiger partial charge in [-0.2, -0.15) is 0 Å². The summed E-state index contributed by atoms with van der Waals surface area (Å²) in [4.78, 5) is 8.86. The maximum Gasteiger partial charge on any atom is 0.191 e. The van der Waals surface area contributed by atoms with E-state index in [4.69, 9.17) is 4.99 Å². The monoisotopic (exact) mass is 529 g/mol. The van der Waals surface area contributed by atoms with Gasteiger partial charge in [0.1, 0.15) is 12.4 Å². The van der Waals surface area contributed by atoms with Crippen LogP contribution in [0.2, 0.25) is 0 Å². The molecule has 0 aromatic carbocycles. The predicted molar refractivity (Wildman–Crippen MR) is 129 cm³/mol. The zero-order valence-electron chi connectivity index (χ0n) is 17.3. The lowest BCUT2D eigenvalue weighted by atomic mass is 10.1. The molecular formula is C20H32IN7S. The Morgan fingerprint density at radius 2 is 2.03 bits per heavy atom. The Morgan fingerprint density at radius 3 is 2.66 bits per heavy atom. The second-order valence-corrected chi connectivity index (χ2v) is 8.86. The van der Waals surface area contributed by atoms with Crippen LogP contribution in [0.15, 0.2) is 22.5 Å². The Balaban J connectivity index is 0.00000240. The first-order valence-electron chi connectivity index (χ1n) is 10.3. The lowest BCUT2D eigenvalue weighted by Gasteiger charge is -2.33. The van der Waals surface area contributed by atoms with E-state index >= 15 is 0 Å². The third kappa shape index (κ3) is 6.39. The molecule has 1 aliphatic heterocycles. The molecule has 7 nitrogen and oxygen atoms in total. The van der Waals surface area contributed by atoms with Gasteiger partial charge in [-0.3, -0.25) is 0 Å². The Labute approximate surface area is 194 Å². The second-order valence-electron chi connectivity index (χ2n) is 7.83. The van der Waals surface area contributed by atoms with Crippen molar-refractivity contribution in [2.75, 3.05) is 19.6 Å². The van der Waals surface area contributed by atoms with Crippen LogP contribution in [0.1, 0.15) is 42.2 Å². The van der Waals surface area contributed by atoms with Crippen LogP contribution in [-0.4, -0.2) is 57.3 Å². The van der Waals surface area contributed by atoms with Gasteiger partial charge in [-0.05, 0) is 50.5 Å². The minimum atomic E-state index is 0. The number of likely N-dealkylation sites (tertiary alicyclic amines) is 1. The van der Waals surface area contributed by atoms with Crippen LogP contribution >= 0.6 is 35.3 Å². The molecular weight excluding hydrogens is 497 g/mol. The number of nitrogens with zero attached hydrogens (tertiary/aromatic N) is 5. The van der Waals surface area contributed by atoms with Crippen LogP contribution in [0.25, 0.3) is 0 Å². The molecule has 0 spiro atoms. The van der Waals surface area contributed by atoms with Gasteiger partial charge in [0.15, 0.2) is 11.8 Å². The molecule has 1 saturated heterocycles. The minimum Gasteiger partial charge on any atom is -0.356 e. The van der Waals surface area contributed by atoms with Crippen molar-refractivity contribution in [1.29, 1.82) is 0 Å². The molecule has 2 N–H and O–H groups in total. The summed E-state index contributed by atoms with van der Waals surface area (Å²) in [6, 6.07) is 5.66. The fourth-order valence-corrected chi connectivity index (χ4v) is 4.40. The normalized spacial score (nSPS) is 18.5. The predicted octanol–water partition coefficient (Wildman–Crippen LogP) is 2.71. The summed E-state index contributed by atoms with van der Waals surface area (Å²) >= 11 is 1.81. The van der Waals surface area contributed by atoms with Gasteiger partial charge < -0.3 is 20.1 Å². The SMILES string of the molecule is Cc1nnc(CN=C(NCCc2cccs2)NC2CCN(C3CC3)CC2)n1C.I. The third-order valence-electron chi connectivity index (χ3n) is 5.74. The van der Waals surface area contributed by atoms with Crippen molar-refractivity contribution in [3.05, 3.63) is 34.0 Å². The number of halogens is 1. The molecule has 0 bridgehead atoms. The van der Waals surface area contributed by atoms with Crippen LogP contribution in [0.5, 0.6) is 0 Å². The summed E-state index contributed by atoms with van der Waals surface area (Å²) < 4.78 is 2.00. The van der Waals surface area contributed by atoms with E-state index in [2.05, 4.69) is 43.2 Å². The lowest BCUT2D eigenvalue weighted by Crippen LogP contribution is -2.49. The summed E-state index contributed by atoms with van der Waals surface area (Å²) in [6.45, 7) is 5.78. The average Bonchev–Trinajstić information content (AvgIpc) is 3.34. The average molecular weight is 529 g/mol. The molecule has 29 heavy (non-hydrogen) atoms. The van der Waals surface area contributed by atoms with Gasteiger partial charge in [-0.1, -0.05) is 6.07 Å². The molecule has 4 rings (SSSR count). The van der Waals surface area contributed by atoms with Crippen molar-refractivity contribution in [1.82, 2.24) is 30.3 Å². The number of piperidine rings is 1. The Kier molecular flexibility index (Phi) is 8.31. The lowest BCUT2D eigenvalue weighted by molar-refractivity contribution is 0.197. The summed E-state index contributed by atoms with van der Waals surface area (Å²) in [5.41, 5.74) is 0. The van der Waals surface area contributed by atoms with E-state index in [1.807, 2.05) is 18.5 Å². The molecule has 3 heterocycles. The summed E-state index contributed by atoms with van der Waals surface area (Å²) in [6.07, 6.45) is 6.18. The zero-order valence-corrected chi connectivity index (χ0v) is 20.5. The van der Waals surface area contributed by atoms with Crippen molar-refractivity contribution < 1.29 is 0 Å². The van der Waals surface area contributed by atoms with Crippen LogP contribution < -0.4 is 10.6 Å². The van der Waals surface area contributed by atoms with Crippen LogP contribution in [0.3, 0.4) is 0 Å². The molecule has 2 fully saturated rings. The van der Waals surface area contributed by atoms with E-state index in [0.29, 0.717) is 12.6 Å². The van der Waals surface area contributed by atoms with Crippen LogP contribution in [0, 0.1) is 6.92 Å². The van der Waals surface area contributed by atoms with Gasteiger partial charge in [-0.25, -0.2) is 4.99 Å². The summed E-state index contributed by atoms with van der Waals surface area (Å²) in [5.74, 6) is 2.69. The van der Waals surface area contributed by atoms with Crippen molar-refractivity contribution in [3.63, 3.8) is 0 Å². The largest absolute Gasteiger partial charge is 0.356 e. The molecule has 1 saturated carbocycles. The molecule has 0 atom stereocenters. The highest BCUT2D eigenvalue weighted by Gasteiger charge is 2.31. The maximum absolute atomic E-state index is 4.81. The molecule has 2 aliphatic rings. The summed E-state index contributed by atoms with van der Waals surface area (Å²) in [5, 5.41) is 17.7. The first-order valence-corrected chi connectivity index (χ1v) is 11.2. The van der Waals surface area contributed by atoms with Crippen molar-refractivity contribution in [2.24, 2.45) is 12.0 Å². The van der Waals surface area contributed by atoms with Gasteiger partial charge in [0.25, 0.3) is 0 Å². The molecule has 2 aromatic rings. The highest BCUT2D eigenvalue weighted by atomic mass is 127. The molecule has 0 amide bonds. The van der Waals surface area contributed by atoms with Crippen molar-refractivity contribution >= 4 is 41.3 Å². The first kappa shape index (κ1) is 22.5. The second kappa shape index (κ2) is 10.7. The highest BCUT2D eigenvalue weighted by Crippen LogP contribution is 2.29. The Hall–Kier alpha value is -1.20. The topological polar surface area (TPSA) is 70.4 Å². The third-order valence-corrected chi connectivity index (χ3v) is 6.68. The quantitative estimate of drug-likeness (QED) is 0.328. The highest BCUT2D eigenvalue weighted by molar-refractivity contribution is 14.0. The number of aliphatic imine (C=N–C) groups is 1. The summed E-state index contributed by atoms with van der Waals surface area (Å²) in [7, 11) is 1.99. The van der Waals surface area contributed by atoms with E-state index in [-0.39, 0.29) is 24.0 Å². The van der Waals surface area contributed by atoms with E-state index in [9.17, 15) is 0 Å². The molecule has 2 aromatic heterocycles. The van der Waals surface area contributed by atoms with Gasteiger partial charge in [0.05, 0.1) is 0 Å². The number of rotatable bonds is 7. The van der Waals surface area contributed by atoms with Gasteiger partial charge >= 0.3 is 0 Å². The molecule has 9 heteroatoms. The van der Waals surface area contributed by atoms with E-state index in [1.165, 1.54) is 43.6 Å². The van der Waals surface area contributed by atoms with E-state index < -0.39 is 0 Å². The number of hydrogen-bond donors (Lipinski definition) is 2. The number of thiophene rings is 1. The fourth-order valence-electron chi connectivity index (χ4n) is 3.69. The number of nitrogens with one attached hydrogen (secondary N) is 2. The standard InChI is InChI=1S/C20H31N7S.HI/c1-15-24-25-19(26(15)2)14-22-20(21-10-7-18-4-3-13-28-18)23-16-8-11-27(12-9-16)17-5-6-17;/h3-4,13,16-17H,5-12,14H2,1-2H3,(H2,21,22,23);1H. The number of aryl methyl sites for hydroxylation is 1. The van der Waals surface area contributed by atoms with Crippen LogP contribution in [0.4, 0.5) is 0 Å². The zero-order chi connectivity index (χ0) is 19.3. The first-order chi connectivity index (χ1) is 13.7. The Bertz CT molecular complexity index is 777. The molecule has 1 aliphatic carbocycles. The fraction of sp³-hybridized carbons (Fsp3) is 0.650. The van der Waals surface area contributed by atoms with E-state index in [0.717, 1.165) is 36.6 Å². The van der Waals surface area contributed by atoms with Crippen molar-refractivity contribution in [2.45, 2.75) is 57.7 Å². The molecule has 160 valence electrons. The van der Waals surface area contributed by atoms with Gasteiger partial charge in [0, 0.05) is 43.6 Å². The van der Waals surface area contributed by atoms with Crippen molar-refractivity contribution in [3.8, 4) is 0 Å². The van der Waals surface area contributed by atoms with Gasteiger partial charge in [0.2, 0.25) is 0 Å².